The minimum Gasteiger partial charge on any atom is -0.507 e. The zero-order valence-corrected chi connectivity index (χ0v) is 16.6. The van der Waals surface area contributed by atoms with Gasteiger partial charge >= 0.3 is 5.97 Å². The van der Waals surface area contributed by atoms with Gasteiger partial charge in [-0.15, -0.1) is 0 Å². The molecule has 31 heavy (non-hydrogen) atoms. The smallest absolute Gasteiger partial charge is 0.337 e. The first-order chi connectivity index (χ1) is 15.0. The number of methoxy groups -OCH3 is 1. The molecular weight excluding hydrogens is 398 g/mol. The van der Waals surface area contributed by atoms with Gasteiger partial charge < -0.3 is 19.2 Å². The number of hydrogen-bond donors (Lipinski definition) is 1. The molecular formula is C24H19NO6. The van der Waals surface area contributed by atoms with Crippen LogP contribution >= 0.6 is 0 Å². The lowest BCUT2D eigenvalue weighted by atomic mass is 9.94. The van der Waals surface area contributed by atoms with Crippen LogP contribution in [-0.4, -0.2) is 34.8 Å². The highest BCUT2D eigenvalue weighted by Crippen LogP contribution is 2.40. The molecule has 4 rings (SSSR count). The van der Waals surface area contributed by atoms with Crippen LogP contribution in [0.4, 0.5) is 0 Å². The summed E-state index contributed by atoms with van der Waals surface area (Å²) in [5, 5.41) is 10.9. The van der Waals surface area contributed by atoms with E-state index in [1.807, 2.05) is 0 Å². The molecule has 1 aliphatic rings. The van der Waals surface area contributed by atoms with E-state index >= 15 is 0 Å². The maximum absolute atomic E-state index is 13.0. The third-order valence-electron chi connectivity index (χ3n) is 5.14. The number of aliphatic hydroxyl groups excluding tert-OH is 1. The van der Waals surface area contributed by atoms with Crippen LogP contribution in [0, 0.1) is 0 Å². The lowest BCUT2D eigenvalue weighted by Crippen LogP contribution is -2.29. The number of aliphatic hydroxyl groups is 1. The molecule has 7 heteroatoms. The number of nitrogens with zero attached hydrogens (tertiary/aromatic N) is 1. The second kappa shape index (κ2) is 8.31. The Labute approximate surface area is 178 Å². The van der Waals surface area contributed by atoms with Crippen LogP contribution < -0.4 is 0 Å². The van der Waals surface area contributed by atoms with Crippen molar-refractivity contribution in [3.05, 3.63) is 101 Å². The summed E-state index contributed by atoms with van der Waals surface area (Å²) in [5.41, 5.74) is 1.30. The summed E-state index contributed by atoms with van der Waals surface area (Å²) in [7, 11) is 1.29. The highest BCUT2D eigenvalue weighted by molar-refractivity contribution is 6.46. The molecule has 2 aromatic carbocycles. The van der Waals surface area contributed by atoms with E-state index in [-0.39, 0.29) is 17.9 Å². The lowest BCUT2D eigenvalue weighted by Gasteiger charge is -2.24. The number of esters is 1. The van der Waals surface area contributed by atoms with E-state index in [1.54, 1.807) is 66.7 Å². The molecule has 3 aromatic rings. The molecule has 1 unspecified atom stereocenters. The van der Waals surface area contributed by atoms with E-state index in [4.69, 9.17) is 9.15 Å². The Morgan fingerprint density at radius 2 is 1.71 bits per heavy atom. The molecule has 1 N–H and O–H groups in total. The van der Waals surface area contributed by atoms with Gasteiger partial charge in [0.05, 0.1) is 37.1 Å². The van der Waals surface area contributed by atoms with E-state index in [1.165, 1.54) is 18.3 Å². The van der Waals surface area contributed by atoms with Crippen molar-refractivity contribution in [2.75, 3.05) is 7.11 Å². The largest absolute Gasteiger partial charge is 0.507 e. The Balaban J connectivity index is 1.84. The van der Waals surface area contributed by atoms with Crippen molar-refractivity contribution < 1.29 is 28.6 Å². The number of ketones is 1. The number of rotatable bonds is 5. The molecule has 1 atom stereocenters. The molecule has 0 saturated carbocycles. The predicted octanol–water partition coefficient (Wildman–Crippen LogP) is 3.69. The van der Waals surface area contributed by atoms with Gasteiger partial charge in [-0.25, -0.2) is 4.79 Å². The number of furan rings is 1. The third kappa shape index (κ3) is 3.73. The Bertz CT molecular complexity index is 1150. The van der Waals surface area contributed by atoms with Crippen LogP contribution in [0.15, 0.2) is 83.0 Å². The van der Waals surface area contributed by atoms with Gasteiger partial charge in [-0.3, -0.25) is 9.59 Å². The Kier molecular flexibility index (Phi) is 5.41. The number of ether oxygens (including phenoxy) is 1. The molecule has 1 aromatic heterocycles. The average Bonchev–Trinajstić information content (AvgIpc) is 3.41. The highest BCUT2D eigenvalue weighted by Gasteiger charge is 2.46. The summed E-state index contributed by atoms with van der Waals surface area (Å²) in [4.78, 5) is 39.0. The van der Waals surface area contributed by atoms with Crippen molar-refractivity contribution in [1.82, 2.24) is 4.90 Å². The van der Waals surface area contributed by atoms with E-state index in [2.05, 4.69) is 0 Å². The monoisotopic (exact) mass is 417 g/mol. The number of carbonyl (C=O) groups excluding carboxylic acids is 3. The van der Waals surface area contributed by atoms with E-state index in [0.29, 0.717) is 22.5 Å². The van der Waals surface area contributed by atoms with Gasteiger partial charge in [-0.1, -0.05) is 42.5 Å². The number of hydrogen-bond acceptors (Lipinski definition) is 6. The predicted molar refractivity (Wildman–Crippen MR) is 111 cm³/mol. The molecule has 0 radical (unpaired) electrons. The molecule has 1 aliphatic heterocycles. The van der Waals surface area contributed by atoms with Crippen molar-refractivity contribution in [1.29, 1.82) is 0 Å². The first kappa shape index (κ1) is 20.2. The van der Waals surface area contributed by atoms with Gasteiger partial charge in [-0.2, -0.15) is 0 Å². The average molecular weight is 417 g/mol. The molecule has 1 amide bonds. The molecule has 156 valence electrons. The normalized spacial score (nSPS) is 17.7. The molecule has 2 heterocycles. The number of Topliss-reactive ketones (excluding diaryl/α,β-unsaturated/α-hetero) is 1. The van der Waals surface area contributed by atoms with Gasteiger partial charge in [0.2, 0.25) is 0 Å². The number of likely N-dealkylation sites (tertiary alicyclic amines) is 1. The highest BCUT2D eigenvalue weighted by atomic mass is 16.5. The lowest BCUT2D eigenvalue weighted by molar-refractivity contribution is -0.140. The van der Waals surface area contributed by atoms with Crippen LogP contribution in [0.1, 0.15) is 33.3 Å². The molecule has 1 fully saturated rings. The maximum atomic E-state index is 13.0. The van der Waals surface area contributed by atoms with Gasteiger partial charge in [0.15, 0.2) is 0 Å². The fourth-order valence-electron chi connectivity index (χ4n) is 3.63. The Morgan fingerprint density at radius 3 is 2.32 bits per heavy atom. The molecule has 0 aliphatic carbocycles. The summed E-state index contributed by atoms with van der Waals surface area (Å²) in [6, 6.07) is 17.5. The van der Waals surface area contributed by atoms with E-state index < -0.39 is 23.7 Å². The zero-order valence-electron chi connectivity index (χ0n) is 16.6. The second-order valence-corrected chi connectivity index (χ2v) is 6.99. The zero-order chi connectivity index (χ0) is 22.0. The van der Waals surface area contributed by atoms with Gasteiger partial charge in [0.1, 0.15) is 11.5 Å². The van der Waals surface area contributed by atoms with Crippen molar-refractivity contribution >= 4 is 23.4 Å². The Hall–Kier alpha value is -4.13. The third-order valence-corrected chi connectivity index (χ3v) is 5.14. The SMILES string of the molecule is COC(=O)c1ccc(C2/C(=C(/O)c3ccccc3)C(=O)C(=O)N2Cc2ccco2)cc1. The van der Waals surface area contributed by atoms with Crippen LogP contribution in [0.2, 0.25) is 0 Å². The van der Waals surface area contributed by atoms with Crippen LogP contribution in [-0.2, 0) is 20.9 Å². The van der Waals surface area contributed by atoms with Gasteiger partial charge in [0, 0.05) is 5.56 Å². The van der Waals surface area contributed by atoms with Crippen molar-refractivity contribution in [2.45, 2.75) is 12.6 Å². The summed E-state index contributed by atoms with van der Waals surface area (Å²) >= 11 is 0. The quantitative estimate of drug-likeness (QED) is 0.294. The fraction of sp³-hybridized carbons (Fsp3) is 0.125. The topological polar surface area (TPSA) is 97.0 Å². The number of amides is 1. The molecule has 0 spiro atoms. The van der Waals surface area contributed by atoms with Gasteiger partial charge in [-0.05, 0) is 29.8 Å². The first-order valence-corrected chi connectivity index (χ1v) is 9.55. The minimum atomic E-state index is -0.850. The summed E-state index contributed by atoms with van der Waals surface area (Å²) < 4.78 is 10.1. The molecule has 0 bridgehead atoms. The second-order valence-electron chi connectivity index (χ2n) is 6.99. The van der Waals surface area contributed by atoms with Crippen LogP contribution in [0.3, 0.4) is 0 Å². The van der Waals surface area contributed by atoms with E-state index in [0.717, 1.165) is 0 Å². The first-order valence-electron chi connectivity index (χ1n) is 9.55. The molecule has 1 saturated heterocycles. The van der Waals surface area contributed by atoms with Crippen molar-refractivity contribution in [3.63, 3.8) is 0 Å². The van der Waals surface area contributed by atoms with Crippen molar-refractivity contribution in [2.24, 2.45) is 0 Å². The Morgan fingerprint density at radius 1 is 1.00 bits per heavy atom. The number of carbonyl (C=O) groups is 3. The minimum absolute atomic E-state index is 0.0198. The number of benzene rings is 2. The van der Waals surface area contributed by atoms with E-state index in [9.17, 15) is 19.5 Å². The van der Waals surface area contributed by atoms with Gasteiger partial charge in [0.25, 0.3) is 11.7 Å². The maximum Gasteiger partial charge on any atom is 0.337 e. The summed E-state index contributed by atoms with van der Waals surface area (Å²) in [5.74, 6) is -1.79. The van der Waals surface area contributed by atoms with Crippen LogP contribution in [0.5, 0.6) is 0 Å². The molecule has 7 nitrogen and oxygen atoms in total. The fourth-order valence-corrected chi connectivity index (χ4v) is 3.63. The van der Waals surface area contributed by atoms with Crippen molar-refractivity contribution in [3.8, 4) is 0 Å². The van der Waals surface area contributed by atoms with Crippen LogP contribution in [0.25, 0.3) is 5.76 Å². The summed E-state index contributed by atoms with van der Waals surface area (Å²) in [6.45, 7) is 0.0482. The summed E-state index contributed by atoms with van der Waals surface area (Å²) in [6.07, 6.45) is 1.48. The standard InChI is InChI=1S/C24H19NO6/c1-30-24(29)17-11-9-15(10-12-17)20-19(21(26)16-6-3-2-4-7-16)22(27)23(28)25(20)14-18-8-5-13-31-18/h2-13,20,26H,14H2,1H3/b21-19-.